The fourth-order valence-corrected chi connectivity index (χ4v) is 4.45. The van der Waals surface area contributed by atoms with Gasteiger partial charge in [-0.1, -0.05) is 12.1 Å². The van der Waals surface area contributed by atoms with Gasteiger partial charge in [-0.25, -0.2) is 9.48 Å². The predicted octanol–water partition coefficient (Wildman–Crippen LogP) is 1.29. The first-order chi connectivity index (χ1) is 14.1. The van der Waals surface area contributed by atoms with Crippen molar-refractivity contribution in [3.63, 3.8) is 0 Å². The van der Waals surface area contributed by atoms with E-state index >= 15 is 0 Å². The van der Waals surface area contributed by atoms with Gasteiger partial charge in [0.05, 0.1) is 38.4 Å². The van der Waals surface area contributed by atoms with Gasteiger partial charge in [-0.2, -0.15) is 11.3 Å². The molecule has 156 valence electrons. The largest absolute Gasteiger partial charge is 0.365 e. The maximum absolute atomic E-state index is 12.6. The van der Waals surface area contributed by atoms with Gasteiger partial charge in [-0.05, 0) is 35.2 Å². The molecule has 29 heavy (non-hydrogen) atoms. The number of nitrogens with one attached hydrogen (secondary N) is 2. The van der Waals surface area contributed by atoms with Crippen LogP contribution >= 0.6 is 11.3 Å². The molecule has 2 N–H and O–H groups in total. The van der Waals surface area contributed by atoms with E-state index in [1.807, 2.05) is 33.3 Å². The fraction of sp³-hybridized carbons (Fsp3) is 0.579. The molecule has 9 nitrogen and oxygen atoms in total. The molecule has 3 amide bonds. The van der Waals surface area contributed by atoms with E-state index in [0.717, 1.165) is 29.8 Å². The Labute approximate surface area is 173 Å². The van der Waals surface area contributed by atoms with E-state index in [1.165, 1.54) is 0 Å². The normalized spacial score (nSPS) is 20.7. The third kappa shape index (κ3) is 4.43. The fourth-order valence-electron chi connectivity index (χ4n) is 3.78. The molecule has 0 bridgehead atoms. The quantitative estimate of drug-likeness (QED) is 0.736. The molecule has 0 aromatic carbocycles. The average Bonchev–Trinajstić information content (AvgIpc) is 3.45. The summed E-state index contributed by atoms with van der Waals surface area (Å²) >= 11 is 1.61. The summed E-state index contributed by atoms with van der Waals surface area (Å²) in [7, 11) is 0. The zero-order chi connectivity index (χ0) is 20.3. The Bertz CT molecular complexity index is 867. The summed E-state index contributed by atoms with van der Waals surface area (Å²) in [6.07, 6.45) is 2.11. The number of rotatable bonds is 6. The second kappa shape index (κ2) is 8.50. The van der Waals surface area contributed by atoms with Crippen molar-refractivity contribution in [3.8, 4) is 0 Å². The van der Waals surface area contributed by atoms with Crippen LogP contribution in [-0.2, 0) is 35.6 Å². The standard InChI is InChI=1S/C19H26N6O3S/c1-2-5-20-18(27)21-9-15-16-10-28-19(13-25(16)23-22-15)4-6-24(12-19)17(26)8-14-3-7-29-11-14/h3,7,11H,2,4-6,8-10,12-13H2,1H3,(H2,20,21,27). The van der Waals surface area contributed by atoms with Crippen LogP contribution in [0.25, 0.3) is 0 Å². The number of ether oxygens (including phenoxy) is 1. The topological polar surface area (TPSA) is 101 Å². The van der Waals surface area contributed by atoms with Gasteiger partial charge in [0.2, 0.25) is 5.91 Å². The first-order valence-corrected chi connectivity index (χ1v) is 10.9. The van der Waals surface area contributed by atoms with E-state index in [2.05, 4.69) is 20.9 Å². The second-order valence-corrected chi connectivity index (χ2v) is 8.38. The van der Waals surface area contributed by atoms with Crippen LogP contribution in [0.1, 0.15) is 36.7 Å². The zero-order valence-electron chi connectivity index (χ0n) is 16.5. The lowest BCUT2D eigenvalue weighted by Crippen LogP contribution is -2.45. The predicted molar refractivity (Wildman–Crippen MR) is 107 cm³/mol. The van der Waals surface area contributed by atoms with Crippen molar-refractivity contribution >= 4 is 23.3 Å². The van der Waals surface area contributed by atoms with Crippen LogP contribution in [0.15, 0.2) is 16.8 Å². The minimum atomic E-state index is -0.409. The second-order valence-electron chi connectivity index (χ2n) is 7.60. The summed E-state index contributed by atoms with van der Waals surface area (Å²) in [4.78, 5) is 26.2. The Morgan fingerprint density at radius 1 is 1.34 bits per heavy atom. The lowest BCUT2D eigenvalue weighted by molar-refractivity contribution is -0.132. The molecule has 1 spiro atoms. The Morgan fingerprint density at radius 3 is 3.03 bits per heavy atom. The van der Waals surface area contributed by atoms with E-state index in [9.17, 15) is 9.59 Å². The SMILES string of the molecule is CCCNC(=O)NCc1nnn2c1COC1(CCN(C(=O)Cc3ccsc3)C1)C2. The number of fused-ring (bicyclic) bond motifs is 1. The Hall–Kier alpha value is -2.46. The van der Waals surface area contributed by atoms with Gasteiger partial charge in [0.15, 0.2) is 0 Å². The van der Waals surface area contributed by atoms with Gasteiger partial charge in [-0.15, -0.1) is 5.10 Å². The van der Waals surface area contributed by atoms with Crippen molar-refractivity contribution in [2.75, 3.05) is 19.6 Å². The first-order valence-electron chi connectivity index (χ1n) is 9.94. The number of hydrogen-bond acceptors (Lipinski definition) is 6. The molecule has 4 rings (SSSR count). The summed E-state index contributed by atoms with van der Waals surface area (Å²) in [5.74, 6) is 0.135. The smallest absolute Gasteiger partial charge is 0.315 e. The maximum Gasteiger partial charge on any atom is 0.315 e. The molecule has 2 aliphatic rings. The number of carbonyl (C=O) groups excluding carboxylic acids is 2. The molecule has 2 aromatic rings. The van der Waals surface area contributed by atoms with Gasteiger partial charge in [0, 0.05) is 13.1 Å². The van der Waals surface area contributed by atoms with E-state index in [1.54, 1.807) is 11.3 Å². The van der Waals surface area contributed by atoms with Crippen LogP contribution in [0.2, 0.25) is 0 Å². The Kier molecular flexibility index (Phi) is 5.81. The van der Waals surface area contributed by atoms with Crippen LogP contribution in [0.4, 0.5) is 4.79 Å². The molecule has 1 atom stereocenters. The highest BCUT2D eigenvalue weighted by Crippen LogP contribution is 2.33. The summed E-state index contributed by atoms with van der Waals surface area (Å²) < 4.78 is 8.08. The molecule has 4 heterocycles. The molecule has 1 fully saturated rings. The Morgan fingerprint density at radius 2 is 2.24 bits per heavy atom. The van der Waals surface area contributed by atoms with Gasteiger partial charge < -0.3 is 20.3 Å². The van der Waals surface area contributed by atoms with Crippen molar-refractivity contribution < 1.29 is 14.3 Å². The Balaban J connectivity index is 1.34. The van der Waals surface area contributed by atoms with Crippen molar-refractivity contribution in [1.82, 2.24) is 30.5 Å². The van der Waals surface area contributed by atoms with Crippen LogP contribution < -0.4 is 10.6 Å². The number of amides is 3. The lowest BCUT2D eigenvalue weighted by atomic mass is 10.0. The van der Waals surface area contributed by atoms with Crippen molar-refractivity contribution in [2.45, 2.75) is 51.5 Å². The molecule has 0 radical (unpaired) electrons. The third-order valence-electron chi connectivity index (χ3n) is 5.43. The number of aromatic nitrogens is 3. The monoisotopic (exact) mass is 418 g/mol. The summed E-state index contributed by atoms with van der Waals surface area (Å²) in [5, 5.41) is 18.1. The number of urea groups is 1. The zero-order valence-corrected chi connectivity index (χ0v) is 17.3. The summed E-state index contributed by atoms with van der Waals surface area (Å²) in [6, 6.07) is 1.78. The molecule has 10 heteroatoms. The number of carbonyl (C=O) groups is 2. The molecular weight excluding hydrogens is 392 g/mol. The molecule has 2 aromatic heterocycles. The summed E-state index contributed by atoms with van der Waals surface area (Å²) in [6.45, 7) is 5.17. The molecule has 1 unspecified atom stereocenters. The van der Waals surface area contributed by atoms with E-state index in [-0.39, 0.29) is 11.9 Å². The molecule has 1 saturated heterocycles. The maximum atomic E-state index is 12.6. The number of hydrogen-bond donors (Lipinski definition) is 2. The lowest BCUT2D eigenvalue weighted by Gasteiger charge is -2.34. The van der Waals surface area contributed by atoms with Gasteiger partial charge in [-0.3, -0.25) is 4.79 Å². The van der Waals surface area contributed by atoms with Crippen molar-refractivity contribution in [2.24, 2.45) is 0 Å². The van der Waals surface area contributed by atoms with Crippen LogP contribution in [0.5, 0.6) is 0 Å². The van der Waals surface area contributed by atoms with Crippen LogP contribution in [-0.4, -0.2) is 57.1 Å². The van der Waals surface area contributed by atoms with Crippen molar-refractivity contribution in [3.05, 3.63) is 33.8 Å². The highest BCUT2D eigenvalue weighted by Gasteiger charge is 2.44. The van der Waals surface area contributed by atoms with Crippen LogP contribution in [0, 0.1) is 0 Å². The van der Waals surface area contributed by atoms with Crippen LogP contribution in [0.3, 0.4) is 0 Å². The van der Waals surface area contributed by atoms with E-state index < -0.39 is 5.60 Å². The van der Waals surface area contributed by atoms with E-state index in [0.29, 0.717) is 45.8 Å². The summed E-state index contributed by atoms with van der Waals surface area (Å²) in [5.41, 5.74) is 2.25. The average molecular weight is 419 g/mol. The highest BCUT2D eigenvalue weighted by atomic mass is 32.1. The minimum absolute atomic E-state index is 0.135. The first kappa shape index (κ1) is 19.8. The van der Waals surface area contributed by atoms with Crippen molar-refractivity contribution in [1.29, 1.82) is 0 Å². The van der Waals surface area contributed by atoms with Gasteiger partial charge in [0.25, 0.3) is 0 Å². The van der Waals surface area contributed by atoms with Gasteiger partial charge >= 0.3 is 6.03 Å². The highest BCUT2D eigenvalue weighted by molar-refractivity contribution is 7.08. The molecular formula is C19H26N6O3S. The van der Waals surface area contributed by atoms with Gasteiger partial charge in [0.1, 0.15) is 11.3 Å². The molecule has 0 aliphatic carbocycles. The molecule has 0 saturated carbocycles. The number of nitrogens with zero attached hydrogens (tertiary/aromatic N) is 4. The number of thiophene rings is 1. The number of likely N-dealkylation sites (tertiary alicyclic amines) is 1. The minimum Gasteiger partial charge on any atom is -0.365 e. The third-order valence-corrected chi connectivity index (χ3v) is 6.16. The molecule has 2 aliphatic heterocycles. The van der Waals surface area contributed by atoms with E-state index in [4.69, 9.17) is 4.74 Å².